The van der Waals surface area contributed by atoms with Gasteiger partial charge in [-0.15, -0.1) is 10.2 Å². The Morgan fingerprint density at radius 1 is 1.12 bits per heavy atom. The average molecular weight is 467 g/mol. The van der Waals surface area contributed by atoms with E-state index in [0.29, 0.717) is 37.3 Å². The lowest BCUT2D eigenvalue weighted by Gasteiger charge is -2.30. The molecule has 1 aromatic carbocycles. The van der Waals surface area contributed by atoms with Crippen LogP contribution in [0.5, 0.6) is 5.75 Å². The van der Waals surface area contributed by atoms with Crippen LogP contribution in [0, 0.1) is 0 Å². The van der Waals surface area contributed by atoms with Gasteiger partial charge < -0.3 is 19.4 Å². The summed E-state index contributed by atoms with van der Waals surface area (Å²) in [6.07, 6.45) is 5.51. The molecule has 5 rings (SSSR count). The minimum absolute atomic E-state index is 0.128. The Kier molecular flexibility index (Phi) is 6.48. The van der Waals surface area contributed by atoms with Crippen molar-refractivity contribution in [3.63, 3.8) is 0 Å². The zero-order chi connectivity index (χ0) is 23.5. The summed E-state index contributed by atoms with van der Waals surface area (Å²) in [5.41, 5.74) is 1.69. The number of methoxy groups -OCH3 is 1. The minimum Gasteiger partial charge on any atom is -0.497 e. The molecular weight excluding hydrogens is 436 g/mol. The molecule has 3 aromatic rings. The predicted molar refractivity (Wildman–Crippen MR) is 126 cm³/mol. The van der Waals surface area contributed by atoms with Gasteiger partial charge in [-0.1, -0.05) is 12.1 Å². The van der Waals surface area contributed by atoms with Gasteiger partial charge in [-0.05, 0) is 49.8 Å². The first-order valence-corrected chi connectivity index (χ1v) is 11.9. The number of hydrogen-bond donors (Lipinski definition) is 2. The van der Waals surface area contributed by atoms with E-state index < -0.39 is 5.69 Å². The van der Waals surface area contributed by atoms with Crippen molar-refractivity contribution < 1.29 is 9.47 Å². The van der Waals surface area contributed by atoms with E-state index in [0.717, 1.165) is 56.2 Å². The van der Waals surface area contributed by atoms with Crippen LogP contribution in [0.2, 0.25) is 0 Å². The summed E-state index contributed by atoms with van der Waals surface area (Å²) in [4.78, 5) is 31.2. The largest absolute Gasteiger partial charge is 0.497 e. The normalized spacial score (nSPS) is 18.0. The number of benzene rings is 1. The summed E-state index contributed by atoms with van der Waals surface area (Å²) in [6.45, 7) is 2.51. The van der Waals surface area contributed by atoms with Crippen LogP contribution in [0.3, 0.4) is 0 Å². The van der Waals surface area contributed by atoms with Crippen molar-refractivity contribution in [2.45, 2.75) is 57.7 Å². The molecule has 2 aromatic heterocycles. The van der Waals surface area contributed by atoms with Gasteiger partial charge in [0.25, 0.3) is 5.56 Å². The zero-order valence-corrected chi connectivity index (χ0v) is 19.4. The molecule has 1 fully saturated rings. The molecule has 0 bridgehead atoms. The molecule has 1 unspecified atom stereocenters. The van der Waals surface area contributed by atoms with E-state index in [1.54, 1.807) is 7.11 Å². The van der Waals surface area contributed by atoms with Gasteiger partial charge in [0.1, 0.15) is 11.6 Å². The minimum atomic E-state index is -0.483. The monoisotopic (exact) mass is 466 g/mol. The van der Waals surface area contributed by atoms with Gasteiger partial charge in [-0.25, -0.2) is 4.79 Å². The summed E-state index contributed by atoms with van der Waals surface area (Å²) < 4.78 is 13.4. The van der Waals surface area contributed by atoms with E-state index in [-0.39, 0.29) is 11.7 Å². The van der Waals surface area contributed by atoms with Crippen LogP contribution in [0.4, 0.5) is 5.95 Å². The Hall–Kier alpha value is -3.40. The first-order valence-electron chi connectivity index (χ1n) is 11.9. The predicted octanol–water partition coefficient (Wildman–Crippen LogP) is 1.58. The third-order valence-corrected chi connectivity index (χ3v) is 6.66. The summed E-state index contributed by atoms with van der Waals surface area (Å²) >= 11 is 0. The third-order valence-electron chi connectivity index (χ3n) is 6.66. The van der Waals surface area contributed by atoms with Gasteiger partial charge in [0.15, 0.2) is 0 Å². The van der Waals surface area contributed by atoms with Crippen molar-refractivity contribution in [3.05, 3.63) is 67.7 Å². The number of anilines is 1. The molecule has 180 valence electrons. The molecule has 0 radical (unpaired) electrons. The van der Waals surface area contributed by atoms with Crippen LogP contribution >= 0.6 is 0 Å². The number of hydrogen-bond acceptors (Lipinski definition) is 7. The summed E-state index contributed by atoms with van der Waals surface area (Å²) in [7, 11) is 1.66. The SMILES string of the molecule is COc1ccc(CCc2nnc(N3CCc4c([nH]c(=O)[nH]c4=O)C3)n2CC2CCCCO2)cc1. The van der Waals surface area contributed by atoms with Crippen LogP contribution in [0.15, 0.2) is 33.9 Å². The number of nitrogens with one attached hydrogen (secondary N) is 2. The lowest BCUT2D eigenvalue weighted by molar-refractivity contribution is 0.00568. The van der Waals surface area contributed by atoms with E-state index in [4.69, 9.17) is 9.47 Å². The maximum atomic E-state index is 12.2. The number of aromatic amines is 2. The smallest absolute Gasteiger partial charge is 0.325 e. The van der Waals surface area contributed by atoms with E-state index in [2.05, 4.69) is 41.8 Å². The molecule has 0 saturated carbocycles. The highest BCUT2D eigenvalue weighted by Crippen LogP contribution is 2.24. The first-order chi connectivity index (χ1) is 16.6. The molecule has 1 atom stereocenters. The number of ether oxygens (including phenoxy) is 2. The number of rotatable bonds is 7. The summed E-state index contributed by atoms with van der Waals surface area (Å²) in [6, 6.07) is 8.07. The maximum Gasteiger partial charge on any atom is 0.325 e. The molecule has 10 nitrogen and oxygen atoms in total. The third kappa shape index (κ3) is 4.77. The highest BCUT2D eigenvalue weighted by atomic mass is 16.5. The van der Waals surface area contributed by atoms with Crippen LogP contribution in [-0.4, -0.2) is 51.1 Å². The van der Waals surface area contributed by atoms with E-state index >= 15 is 0 Å². The molecule has 10 heteroatoms. The zero-order valence-electron chi connectivity index (χ0n) is 19.4. The maximum absolute atomic E-state index is 12.2. The number of fused-ring (bicyclic) bond motifs is 1. The summed E-state index contributed by atoms with van der Waals surface area (Å²) in [5, 5.41) is 9.10. The van der Waals surface area contributed by atoms with Gasteiger partial charge in [-0.2, -0.15) is 0 Å². The fourth-order valence-corrected chi connectivity index (χ4v) is 4.78. The van der Waals surface area contributed by atoms with Crippen molar-refractivity contribution in [2.75, 3.05) is 25.2 Å². The molecule has 1 saturated heterocycles. The van der Waals surface area contributed by atoms with Crippen LogP contribution in [0.25, 0.3) is 0 Å². The Bertz CT molecular complexity index is 1240. The van der Waals surface area contributed by atoms with Gasteiger partial charge in [0, 0.05) is 30.8 Å². The van der Waals surface area contributed by atoms with Gasteiger partial charge in [0.2, 0.25) is 5.95 Å². The molecule has 2 aliphatic heterocycles. The van der Waals surface area contributed by atoms with Gasteiger partial charge >= 0.3 is 5.69 Å². The second-order valence-corrected chi connectivity index (χ2v) is 8.90. The second kappa shape index (κ2) is 9.84. The van der Waals surface area contributed by atoms with Crippen molar-refractivity contribution in [1.29, 1.82) is 0 Å². The number of aryl methyl sites for hydroxylation is 2. The van der Waals surface area contributed by atoms with Crippen molar-refractivity contribution in [1.82, 2.24) is 24.7 Å². The fourth-order valence-electron chi connectivity index (χ4n) is 4.78. The van der Waals surface area contributed by atoms with Crippen LogP contribution < -0.4 is 20.9 Å². The Morgan fingerprint density at radius 2 is 1.97 bits per heavy atom. The Labute approximate surface area is 196 Å². The molecule has 4 heterocycles. The standard InChI is InChI=1S/C24H30N6O4/c1-33-17-8-5-16(6-9-17)7-10-21-27-28-24(30(21)14-18-4-2-3-13-34-18)29-12-11-19-20(15-29)25-23(32)26-22(19)31/h5-6,8-9,18H,2-4,7,10-15H2,1H3,(H2,25,26,31,32). The van der Waals surface area contributed by atoms with E-state index in [9.17, 15) is 9.59 Å². The Balaban J connectivity index is 1.40. The van der Waals surface area contributed by atoms with Crippen LogP contribution in [0.1, 0.15) is 41.9 Å². The van der Waals surface area contributed by atoms with Crippen molar-refractivity contribution in [2.24, 2.45) is 0 Å². The number of nitrogens with zero attached hydrogens (tertiary/aromatic N) is 4. The highest BCUT2D eigenvalue weighted by Gasteiger charge is 2.27. The lowest BCUT2D eigenvalue weighted by Crippen LogP contribution is -2.40. The number of aromatic nitrogens is 5. The average Bonchev–Trinajstić information content (AvgIpc) is 3.25. The topological polar surface area (TPSA) is 118 Å². The van der Waals surface area contributed by atoms with E-state index in [1.165, 1.54) is 5.56 Å². The van der Waals surface area contributed by atoms with E-state index in [1.807, 2.05) is 12.1 Å². The van der Waals surface area contributed by atoms with Crippen LogP contribution in [-0.2, 0) is 37.1 Å². The fraction of sp³-hybridized carbons (Fsp3) is 0.500. The van der Waals surface area contributed by atoms with Gasteiger partial charge in [0.05, 0.1) is 26.3 Å². The first kappa shape index (κ1) is 22.4. The highest BCUT2D eigenvalue weighted by molar-refractivity contribution is 5.37. The molecule has 0 spiro atoms. The van der Waals surface area contributed by atoms with Gasteiger partial charge in [-0.3, -0.25) is 14.3 Å². The molecule has 2 aliphatic rings. The summed E-state index contributed by atoms with van der Waals surface area (Å²) in [5.74, 6) is 2.50. The molecule has 0 aliphatic carbocycles. The molecule has 0 amide bonds. The quantitative estimate of drug-likeness (QED) is 0.543. The Morgan fingerprint density at radius 3 is 2.74 bits per heavy atom. The second-order valence-electron chi connectivity index (χ2n) is 8.90. The molecular formula is C24H30N6O4. The number of H-pyrrole nitrogens is 2. The molecule has 2 N–H and O–H groups in total. The molecule has 34 heavy (non-hydrogen) atoms. The van der Waals surface area contributed by atoms with Crippen molar-refractivity contribution in [3.8, 4) is 5.75 Å². The lowest BCUT2D eigenvalue weighted by atomic mass is 10.1. The van der Waals surface area contributed by atoms with Crippen molar-refractivity contribution >= 4 is 5.95 Å².